The van der Waals surface area contributed by atoms with Gasteiger partial charge in [-0.15, -0.1) is 0 Å². The number of aromatic nitrogens is 1. The minimum absolute atomic E-state index is 0.0102. The number of pyridine rings is 1. The third-order valence-corrected chi connectivity index (χ3v) is 7.64. The molecule has 11 heteroatoms. The molecule has 0 saturated heterocycles. The highest BCUT2D eigenvalue weighted by molar-refractivity contribution is 5.88. The molecule has 0 aliphatic heterocycles. The van der Waals surface area contributed by atoms with E-state index in [1.54, 1.807) is 5.01 Å². The summed E-state index contributed by atoms with van der Waals surface area (Å²) in [6.07, 6.45) is 2.42. The van der Waals surface area contributed by atoms with Crippen LogP contribution in [-0.2, 0) is 22.6 Å². The van der Waals surface area contributed by atoms with Gasteiger partial charge in [0.1, 0.15) is 0 Å². The number of fused-ring (bicyclic) bond motifs is 1. The fourth-order valence-corrected chi connectivity index (χ4v) is 5.46. The van der Waals surface area contributed by atoms with Gasteiger partial charge in [-0.25, -0.2) is 9.80 Å². The second-order valence-electron chi connectivity index (χ2n) is 10.8. The van der Waals surface area contributed by atoms with Crippen LogP contribution in [0.25, 0.3) is 10.9 Å². The van der Waals surface area contributed by atoms with Crippen LogP contribution in [0.1, 0.15) is 49.8 Å². The molecule has 224 valence electrons. The Balaban J connectivity index is 1.49. The summed E-state index contributed by atoms with van der Waals surface area (Å²) in [5.41, 5.74) is 10.3. The van der Waals surface area contributed by atoms with Crippen molar-refractivity contribution in [2.24, 2.45) is 5.73 Å². The number of carbonyl (C=O) groups excluding carboxylic acids is 2. The van der Waals surface area contributed by atoms with Gasteiger partial charge in [-0.3, -0.25) is 25.3 Å². The van der Waals surface area contributed by atoms with Crippen LogP contribution in [0, 0.1) is 0 Å². The molecule has 0 bridgehead atoms. The Morgan fingerprint density at radius 2 is 1.69 bits per heavy atom. The van der Waals surface area contributed by atoms with Gasteiger partial charge in [0.15, 0.2) is 0 Å². The number of primary amides is 1. The van der Waals surface area contributed by atoms with E-state index in [1.165, 1.54) is 0 Å². The number of amides is 3. The molecule has 1 fully saturated rings. The summed E-state index contributed by atoms with van der Waals surface area (Å²) in [5.74, 6) is -1.15. The maximum absolute atomic E-state index is 13.5. The van der Waals surface area contributed by atoms with E-state index in [2.05, 4.69) is 21.0 Å². The topological polar surface area (TPSA) is 170 Å². The summed E-state index contributed by atoms with van der Waals surface area (Å²) in [7, 11) is 0. The first-order chi connectivity index (χ1) is 20.3. The molecule has 1 aliphatic carbocycles. The SMILES string of the molecule is NC(=O)C[C@H](NCc1ccc2ccccc2n1)C(=O)N[C@@H](Cc1ccccc1)[C@@H](O)CN(NC(=O)O)C1CCCCC1. The highest BCUT2D eigenvalue weighted by Gasteiger charge is 2.31. The molecule has 7 N–H and O–H groups in total. The molecule has 1 aliphatic rings. The standard InChI is InChI=1S/C31H40N6O5/c32-29(39)18-27(33-19-23-16-15-22-11-7-8-14-25(22)34-23)30(40)35-26(17-21-9-3-1-4-10-21)28(38)20-37(36-31(41)42)24-12-5-2-6-13-24/h1,3-4,7-11,14-16,24,26-28,33,36,38H,2,5-6,12-13,17-20H2,(H2,32,39)(H,35,40)(H,41,42)/t26-,27-,28-/m0/s1. The molecular formula is C31H40N6O5. The molecule has 3 aromatic rings. The van der Waals surface area contributed by atoms with Gasteiger partial charge >= 0.3 is 6.09 Å². The fourth-order valence-electron chi connectivity index (χ4n) is 5.46. The number of carbonyl (C=O) groups is 3. The number of hydrogen-bond donors (Lipinski definition) is 6. The molecule has 0 unspecified atom stereocenters. The normalized spacial score (nSPS) is 16.0. The van der Waals surface area contributed by atoms with Crippen LogP contribution in [0.2, 0.25) is 0 Å². The molecule has 42 heavy (non-hydrogen) atoms. The molecule has 1 aromatic heterocycles. The minimum Gasteiger partial charge on any atom is -0.464 e. The number of nitrogens with one attached hydrogen (secondary N) is 3. The van der Waals surface area contributed by atoms with Gasteiger partial charge in [0, 0.05) is 24.5 Å². The van der Waals surface area contributed by atoms with Crippen molar-refractivity contribution in [1.82, 2.24) is 26.1 Å². The number of nitrogens with two attached hydrogens (primary N) is 1. The summed E-state index contributed by atoms with van der Waals surface area (Å²) in [6, 6.07) is 19.1. The Morgan fingerprint density at radius 3 is 2.40 bits per heavy atom. The first-order valence-corrected chi connectivity index (χ1v) is 14.4. The predicted octanol–water partition coefficient (Wildman–Crippen LogP) is 2.47. The number of nitrogens with zero attached hydrogens (tertiary/aromatic N) is 2. The first-order valence-electron chi connectivity index (χ1n) is 14.4. The number of aliphatic hydroxyl groups is 1. The Hall–Kier alpha value is -4.06. The molecular weight excluding hydrogens is 536 g/mol. The summed E-state index contributed by atoms with van der Waals surface area (Å²) in [5, 5.41) is 29.4. The largest absolute Gasteiger partial charge is 0.464 e. The molecule has 0 spiro atoms. The van der Waals surface area contributed by atoms with Crippen molar-refractivity contribution in [2.45, 2.75) is 75.7 Å². The lowest BCUT2D eigenvalue weighted by Gasteiger charge is -2.36. The van der Waals surface area contributed by atoms with Gasteiger partial charge in [0.2, 0.25) is 11.8 Å². The minimum atomic E-state index is -1.20. The number of carboxylic acid groups (broad SMARTS) is 1. The van der Waals surface area contributed by atoms with Gasteiger partial charge in [-0.2, -0.15) is 0 Å². The second kappa shape index (κ2) is 15.2. The number of para-hydroxylation sites is 1. The van der Waals surface area contributed by atoms with E-state index in [9.17, 15) is 24.6 Å². The van der Waals surface area contributed by atoms with Gasteiger partial charge in [0.25, 0.3) is 0 Å². The summed E-state index contributed by atoms with van der Waals surface area (Å²) in [4.78, 5) is 41.6. The molecule has 1 heterocycles. The fraction of sp³-hybridized carbons (Fsp3) is 0.419. The monoisotopic (exact) mass is 576 g/mol. The molecule has 11 nitrogen and oxygen atoms in total. The Morgan fingerprint density at radius 1 is 0.976 bits per heavy atom. The summed E-state index contributed by atoms with van der Waals surface area (Å²) >= 11 is 0. The Kier molecular flexibility index (Phi) is 11.2. The highest BCUT2D eigenvalue weighted by Crippen LogP contribution is 2.22. The number of rotatable bonds is 14. The van der Waals surface area contributed by atoms with E-state index >= 15 is 0 Å². The Labute approximate surface area is 245 Å². The third-order valence-electron chi connectivity index (χ3n) is 7.64. The average molecular weight is 577 g/mol. The molecule has 1 saturated carbocycles. The van der Waals surface area contributed by atoms with Crippen LogP contribution in [0.15, 0.2) is 66.7 Å². The lowest BCUT2D eigenvalue weighted by Crippen LogP contribution is -2.58. The van der Waals surface area contributed by atoms with Crippen LogP contribution in [0.4, 0.5) is 4.79 Å². The van der Waals surface area contributed by atoms with E-state index in [-0.39, 0.29) is 25.6 Å². The van der Waals surface area contributed by atoms with Crippen LogP contribution in [0.5, 0.6) is 0 Å². The molecule has 3 atom stereocenters. The third kappa shape index (κ3) is 9.23. The van der Waals surface area contributed by atoms with E-state index < -0.39 is 36.1 Å². The van der Waals surface area contributed by atoms with Gasteiger partial charge in [0.05, 0.1) is 35.8 Å². The van der Waals surface area contributed by atoms with Crippen molar-refractivity contribution in [3.8, 4) is 0 Å². The van der Waals surface area contributed by atoms with Crippen molar-refractivity contribution >= 4 is 28.8 Å². The maximum Gasteiger partial charge on any atom is 0.419 e. The van der Waals surface area contributed by atoms with Crippen molar-refractivity contribution in [1.29, 1.82) is 0 Å². The van der Waals surface area contributed by atoms with Crippen molar-refractivity contribution in [3.05, 3.63) is 78.0 Å². The van der Waals surface area contributed by atoms with Crippen molar-refractivity contribution in [3.63, 3.8) is 0 Å². The van der Waals surface area contributed by atoms with Crippen molar-refractivity contribution in [2.75, 3.05) is 6.54 Å². The highest BCUT2D eigenvalue weighted by atomic mass is 16.4. The van der Waals surface area contributed by atoms with E-state index in [0.29, 0.717) is 12.1 Å². The first kappa shape index (κ1) is 30.9. The van der Waals surface area contributed by atoms with Gasteiger partial charge in [-0.1, -0.05) is 73.9 Å². The number of hydrazine groups is 1. The zero-order valence-electron chi connectivity index (χ0n) is 23.6. The smallest absolute Gasteiger partial charge is 0.419 e. The van der Waals surface area contributed by atoms with E-state index in [0.717, 1.165) is 48.6 Å². The van der Waals surface area contributed by atoms with Crippen LogP contribution in [-0.4, -0.2) is 68.9 Å². The number of benzene rings is 2. The molecule has 2 aromatic carbocycles. The lowest BCUT2D eigenvalue weighted by atomic mass is 9.94. The maximum atomic E-state index is 13.5. The summed E-state index contributed by atoms with van der Waals surface area (Å²) < 4.78 is 0. The van der Waals surface area contributed by atoms with Crippen LogP contribution < -0.4 is 21.8 Å². The quantitative estimate of drug-likeness (QED) is 0.159. The van der Waals surface area contributed by atoms with Crippen LogP contribution in [0.3, 0.4) is 0 Å². The average Bonchev–Trinajstić information content (AvgIpc) is 2.99. The molecule has 0 radical (unpaired) electrons. The van der Waals surface area contributed by atoms with Gasteiger partial charge < -0.3 is 21.3 Å². The number of hydrogen-bond acceptors (Lipinski definition) is 7. The summed E-state index contributed by atoms with van der Waals surface area (Å²) in [6.45, 7) is 0.212. The van der Waals surface area contributed by atoms with Crippen molar-refractivity contribution < 1.29 is 24.6 Å². The number of aliphatic hydroxyl groups excluding tert-OH is 1. The predicted molar refractivity (Wildman–Crippen MR) is 159 cm³/mol. The Bertz CT molecular complexity index is 1330. The zero-order chi connectivity index (χ0) is 29.9. The van der Waals surface area contributed by atoms with Gasteiger partial charge in [-0.05, 0) is 37.0 Å². The van der Waals surface area contributed by atoms with Crippen LogP contribution >= 0.6 is 0 Å². The second-order valence-corrected chi connectivity index (χ2v) is 10.8. The van der Waals surface area contributed by atoms with E-state index in [4.69, 9.17) is 5.73 Å². The van der Waals surface area contributed by atoms with E-state index in [1.807, 2.05) is 66.7 Å². The molecule has 4 rings (SSSR count). The lowest BCUT2D eigenvalue weighted by molar-refractivity contribution is -0.128. The molecule has 3 amide bonds. The zero-order valence-corrected chi connectivity index (χ0v) is 23.6.